The summed E-state index contributed by atoms with van der Waals surface area (Å²) in [6.45, 7) is 3.70. The first-order chi connectivity index (χ1) is 18.3. The SMILES string of the molecule is COc1ccc(C(=O)CSC2=C(C#N)[C@@H](c3ccccc3Cl)C(C(=O)Nc3ccccc3C)=C(C)N2)cc1. The van der Waals surface area contributed by atoms with E-state index in [1.54, 1.807) is 50.4 Å². The number of methoxy groups -OCH3 is 1. The van der Waals surface area contributed by atoms with Crippen molar-refractivity contribution in [3.8, 4) is 11.8 Å². The molecule has 3 aromatic carbocycles. The lowest BCUT2D eigenvalue weighted by molar-refractivity contribution is -0.113. The Morgan fingerprint density at radius 3 is 2.39 bits per heavy atom. The summed E-state index contributed by atoms with van der Waals surface area (Å²) in [6, 6.07) is 23.8. The minimum absolute atomic E-state index is 0.0942. The van der Waals surface area contributed by atoms with Gasteiger partial charge < -0.3 is 15.4 Å². The van der Waals surface area contributed by atoms with Crippen LogP contribution >= 0.6 is 23.4 Å². The van der Waals surface area contributed by atoms with Gasteiger partial charge in [-0.2, -0.15) is 5.26 Å². The van der Waals surface area contributed by atoms with E-state index in [9.17, 15) is 14.9 Å². The molecule has 0 unspecified atom stereocenters. The Balaban J connectivity index is 1.68. The summed E-state index contributed by atoms with van der Waals surface area (Å²) in [4.78, 5) is 26.5. The van der Waals surface area contributed by atoms with Crippen LogP contribution in [0.25, 0.3) is 0 Å². The number of halogens is 1. The highest BCUT2D eigenvalue weighted by molar-refractivity contribution is 8.03. The molecule has 8 heteroatoms. The number of thioether (sulfide) groups is 1. The molecule has 1 amide bonds. The van der Waals surface area contributed by atoms with Crippen LogP contribution in [0.4, 0.5) is 5.69 Å². The van der Waals surface area contributed by atoms with Crippen LogP contribution in [0.2, 0.25) is 5.02 Å². The number of allylic oxidation sites excluding steroid dienone is 2. The smallest absolute Gasteiger partial charge is 0.254 e. The molecule has 4 rings (SSSR count). The molecule has 0 bridgehead atoms. The molecule has 6 nitrogen and oxygen atoms in total. The van der Waals surface area contributed by atoms with Crippen molar-refractivity contribution in [1.29, 1.82) is 5.26 Å². The number of carbonyl (C=O) groups is 2. The number of rotatable bonds is 8. The number of amides is 1. The maximum atomic E-state index is 13.6. The molecule has 0 radical (unpaired) electrons. The summed E-state index contributed by atoms with van der Waals surface area (Å²) < 4.78 is 5.16. The molecule has 0 spiro atoms. The fourth-order valence-corrected chi connectivity index (χ4v) is 5.48. The van der Waals surface area contributed by atoms with Gasteiger partial charge >= 0.3 is 0 Å². The highest BCUT2D eigenvalue weighted by Gasteiger charge is 2.36. The molecule has 3 aromatic rings. The molecule has 0 saturated heterocycles. The average Bonchev–Trinajstić information content (AvgIpc) is 2.92. The van der Waals surface area contributed by atoms with Crippen LogP contribution in [0.1, 0.15) is 34.3 Å². The van der Waals surface area contributed by atoms with E-state index in [2.05, 4.69) is 16.7 Å². The molecule has 0 fully saturated rings. The van der Waals surface area contributed by atoms with Gasteiger partial charge in [0.1, 0.15) is 5.75 Å². The van der Waals surface area contributed by atoms with Crippen molar-refractivity contribution in [1.82, 2.24) is 5.32 Å². The van der Waals surface area contributed by atoms with E-state index in [0.29, 0.717) is 49.5 Å². The Morgan fingerprint density at radius 1 is 1.05 bits per heavy atom. The quantitative estimate of drug-likeness (QED) is 0.311. The number of Topliss-reactive ketones (excluding diaryl/α,β-unsaturated/α-hetero) is 1. The number of hydrogen-bond donors (Lipinski definition) is 2. The lowest BCUT2D eigenvalue weighted by Crippen LogP contribution is -2.31. The minimum Gasteiger partial charge on any atom is -0.497 e. The number of carbonyl (C=O) groups excluding carboxylic acids is 2. The molecule has 1 atom stereocenters. The Kier molecular flexibility index (Phi) is 8.57. The third kappa shape index (κ3) is 5.77. The van der Waals surface area contributed by atoms with Crippen molar-refractivity contribution < 1.29 is 14.3 Å². The highest BCUT2D eigenvalue weighted by atomic mass is 35.5. The molecule has 192 valence electrons. The van der Waals surface area contributed by atoms with Gasteiger partial charge in [-0.1, -0.05) is 59.8 Å². The Labute approximate surface area is 231 Å². The van der Waals surface area contributed by atoms with Gasteiger partial charge in [-0.25, -0.2) is 0 Å². The number of dihydropyridines is 1. The normalized spacial score (nSPS) is 15.0. The summed E-state index contributed by atoms with van der Waals surface area (Å²) >= 11 is 7.81. The zero-order valence-corrected chi connectivity index (χ0v) is 22.7. The summed E-state index contributed by atoms with van der Waals surface area (Å²) in [5.74, 6) is -0.369. The number of aryl methyl sites for hydroxylation is 1. The van der Waals surface area contributed by atoms with E-state index in [-0.39, 0.29) is 17.4 Å². The van der Waals surface area contributed by atoms with E-state index >= 15 is 0 Å². The van der Waals surface area contributed by atoms with E-state index in [1.807, 2.05) is 43.3 Å². The molecule has 1 aliphatic rings. The third-order valence-electron chi connectivity index (χ3n) is 6.26. The van der Waals surface area contributed by atoms with Crippen molar-refractivity contribution >= 4 is 40.7 Å². The van der Waals surface area contributed by atoms with Crippen molar-refractivity contribution in [3.63, 3.8) is 0 Å². The largest absolute Gasteiger partial charge is 0.497 e. The van der Waals surface area contributed by atoms with Crippen LogP contribution in [-0.4, -0.2) is 24.6 Å². The molecule has 1 heterocycles. The highest BCUT2D eigenvalue weighted by Crippen LogP contribution is 2.43. The number of ether oxygens (including phenoxy) is 1. The van der Waals surface area contributed by atoms with E-state index in [1.165, 1.54) is 11.8 Å². The summed E-state index contributed by atoms with van der Waals surface area (Å²) in [5.41, 5.74) is 4.08. The van der Waals surface area contributed by atoms with Crippen molar-refractivity contribution in [3.05, 3.63) is 116 Å². The van der Waals surface area contributed by atoms with E-state index in [0.717, 1.165) is 5.56 Å². The van der Waals surface area contributed by atoms with Crippen molar-refractivity contribution in [2.45, 2.75) is 19.8 Å². The maximum Gasteiger partial charge on any atom is 0.254 e. The first kappa shape index (κ1) is 27.1. The molecule has 1 aliphatic heterocycles. The fourth-order valence-electron chi connectivity index (χ4n) is 4.25. The Bertz CT molecular complexity index is 1490. The van der Waals surface area contributed by atoms with Gasteiger partial charge in [0, 0.05) is 27.5 Å². The van der Waals surface area contributed by atoms with Gasteiger partial charge in [-0.15, -0.1) is 0 Å². The fraction of sp³-hybridized carbons (Fsp3) is 0.167. The van der Waals surface area contributed by atoms with Gasteiger partial charge in [0.2, 0.25) is 0 Å². The van der Waals surface area contributed by atoms with E-state index in [4.69, 9.17) is 16.3 Å². The monoisotopic (exact) mass is 543 g/mol. The van der Waals surface area contributed by atoms with Crippen LogP contribution in [0.3, 0.4) is 0 Å². The van der Waals surface area contributed by atoms with Gasteiger partial charge in [0.05, 0.1) is 35.5 Å². The number of hydrogen-bond acceptors (Lipinski definition) is 6. The molecular formula is C30H26ClN3O3S. The van der Waals surface area contributed by atoms with Crippen LogP contribution in [-0.2, 0) is 4.79 Å². The standard InChI is InChI=1S/C30H26ClN3O3S/c1-18-8-4-7-11-25(18)34-29(36)27-19(2)33-30(23(16-32)28(27)22-9-5-6-10-24(22)31)38-17-26(35)20-12-14-21(37-3)15-13-20/h4-15,28,33H,17H2,1-3H3,(H,34,36)/t28-/m1/s1. The van der Waals surface area contributed by atoms with E-state index < -0.39 is 5.92 Å². The predicted molar refractivity (Wildman–Crippen MR) is 152 cm³/mol. The minimum atomic E-state index is -0.711. The number of nitriles is 1. The summed E-state index contributed by atoms with van der Waals surface area (Å²) in [5, 5.41) is 17.5. The topological polar surface area (TPSA) is 91.2 Å². The zero-order valence-electron chi connectivity index (χ0n) is 21.2. The number of nitrogens with zero attached hydrogens (tertiary/aromatic N) is 1. The first-order valence-corrected chi connectivity index (χ1v) is 13.2. The molecule has 38 heavy (non-hydrogen) atoms. The number of anilines is 1. The number of nitrogens with one attached hydrogen (secondary N) is 2. The lowest BCUT2D eigenvalue weighted by atomic mass is 9.82. The number of benzene rings is 3. The Morgan fingerprint density at radius 2 is 1.74 bits per heavy atom. The second-order valence-corrected chi connectivity index (χ2v) is 10.1. The molecule has 0 saturated carbocycles. The Hall–Kier alpha value is -3.99. The lowest BCUT2D eigenvalue weighted by Gasteiger charge is -2.30. The van der Waals surface area contributed by atoms with Gasteiger partial charge in [0.25, 0.3) is 5.91 Å². The first-order valence-electron chi connectivity index (χ1n) is 11.9. The maximum absolute atomic E-state index is 13.6. The summed E-state index contributed by atoms with van der Waals surface area (Å²) in [6.07, 6.45) is 0. The van der Waals surface area contributed by atoms with Gasteiger partial charge in [0.15, 0.2) is 5.78 Å². The average molecular weight is 544 g/mol. The van der Waals surface area contributed by atoms with Gasteiger partial charge in [-0.05, 0) is 61.4 Å². The third-order valence-corrected chi connectivity index (χ3v) is 7.62. The predicted octanol–water partition coefficient (Wildman–Crippen LogP) is 6.61. The second kappa shape index (κ2) is 12.0. The van der Waals surface area contributed by atoms with Crippen LogP contribution < -0.4 is 15.4 Å². The van der Waals surface area contributed by atoms with Crippen molar-refractivity contribution in [2.24, 2.45) is 0 Å². The van der Waals surface area contributed by atoms with Crippen molar-refractivity contribution in [2.75, 3.05) is 18.2 Å². The second-order valence-electron chi connectivity index (χ2n) is 8.68. The van der Waals surface area contributed by atoms with Crippen LogP contribution in [0.5, 0.6) is 5.75 Å². The van der Waals surface area contributed by atoms with Crippen LogP contribution in [0.15, 0.2) is 94.7 Å². The van der Waals surface area contributed by atoms with Gasteiger partial charge in [-0.3, -0.25) is 9.59 Å². The number of ketones is 1. The molecular weight excluding hydrogens is 518 g/mol. The zero-order chi connectivity index (χ0) is 27.2. The molecule has 0 aliphatic carbocycles. The van der Waals surface area contributed by atoms with Crippen LogP contribution in [0, 0.1) is 18.3 Å². The molecule has 2 N–H and O–H groups in total. The summed E-state index contributed by atoms with van der Waals surface area (Å²) in [7, 11) is 1.57. The molecule has 0 aromatic heterocycles. The number of para-hydroxylation sites is 1.